The Kier molecular flexibility index (Phi) is 4.21. The number of aromatic nitrogens is 1. The topological polar surface area (TPSA) is 67.6 Å². The normalized spacial score (nSPS) is 26.7. The molecule has 0 bridgehead atoms. The zero-order chi connectivity index (χ0) is 16.4. The van der Waals surface area contributed by atoms with E-state index in [1.165, 1.54) is 12.5 Å². The molecule has 2 aliphatic heterocycles. The minimum atomic E-state index is 0.0144. The molecule has 24 heavy (non-hydrogen) atoms. The lowest BCUT2D eigenvalue weighted by molar-refractivity contribution is -0.0676. The third kappa shape index (κ3) is 3.01. The first-order chi connectivity index (χ1) is 11.8. The lowest BCUT2D eigenvalue weighted by atomic mass is 9.85. The highest BCUT2D eigenvalue weighted by atomic mass is 16.5. The van der Waals surface area contributed by atoms with Gasteiger partial charge in [0.15, 0.2) is 0 Å². The standard InChI is InChI=1S/C18H21N3O3/c22-18(14-6-9-23-12-14)21-10-13-4-3-8-24-17(13)15(11-21)20-16-5-1-2-7-19-16/h1-2,5-7,9,12-13,15,17H,3-4,8,10-11H2,(H,19,20)/t13-,15+,17-/m0/s1. The van der Waals surface area contributed by atoms with E-state index in [1.807, 2.05) is 23.1 Å². The third-order valence-corrected chi connectivity index (χ3v) is 4.82. The Morgan fingerprint density at radius 2 is 2.25 bits per heavy atom. The Labute approximate surface area is 140 Å². The molecule has 0 saturated carbocycles. The third-order valence-electron chi connectivity index (χ3n) is 4.82. The molecule has 4 heterocycles. The maximum atomic E-state index is 12.7. The summed E-state index contributed by atoms with van der Waals surface area (Å²) in [6, 6.07) is 7.53. The largest absolute Gasteiger partial charge is 0.472 e. The molecule has 0 unspecified atom stereocenters. The van der Waals surface area contributed by atoms with Crippen LogP contribution in [-0.2, 0) is 4.74 Å². The van der Waals surface area contributed by atoms with Crippen LogP contribution < -0.4 is 5.32 Å². The van der Waals surface area contributed by atoms with Gasteiger partial charge in [0.2, 0.25) is 0 Å². The molecule has 2 fully saturated rings. The first-order valence-corrected chi connectivity index (χ1v) is 8.42. The number of amides is 1. The molecule has 2 saturated heterocycles. The first-order valence-electron chi connectivity index (χ1n) is 8.42. The van der Waals surface area contributed by atoms with Gasteiger partial charge in [0.25, 0.3) is 5.91 Å². The number of hydrogen-bond donors (Lipinski definition) is 1. The van der Waals surface area contributed by atoms with Crippen LogP contribution in [0.25, 0.3) is 0 Å². The number of piperidine rings is 1. The summed E-state index contributed by atoms with van der Waals surface area (Å²) < 4.78 is 11.1. The van der Waals surface area contributed by atoms with E-state index in [4.69, 9.17) is 9.15 Å². The van der Waals surface area contributed by atoms with Crippen LogP contribution >= 0.6 is 0 Å². The number of furan rings is 1. The van der Waals surface area contributed by atoms with Gasteiger partial charge in [0.05, 0.1) is 24.0 Å². The Hall–Kier alpha value is -2.34. The summed E-state index contributed by atoms with van der Waals surface area (Å²) in [5.41, 5.74) is 0.599. The Morgan fingerprint density at radius 1 is 1.29 bits per heavy atom. The Morgan fingerprint density at radius 3 is 3.04 bits per heavy atom. The molecule has 0 aliphatic carbocycles. The van der Waals surface area contributed by atoms with Crippen molar-refractivity contribution in [2.75, 3.05) is 25.0 Å². The Bertz CT molecular complexity index is 674. The van der Waals surface area contributed by atoms with Crippen molar-refractivity contribution in [1.82, 2.24) is 9.88 Å². The summed E-state index contributed by atoms with van der Waals surface area (Å²) in [5, 5.41) is 3.46. The molecule has 1 amide bonds. The van der Waals surface area contributed by atoms with Crippen LogP contribution in [0.5, 0.6) is 0 Å². The summed E-state index contributed by atoms with van der Waals surface area (Å²) in [5.74, 6) is 1.18. The SMILES string of the molecule is O=C(c1ccoc1)N1C[C@@H]2CCCO[C@@H]2[C@H](Nc2ccccn2)C1. The van der Waals surface area contributed by atoms with Crippen molar-refractivity contribution in [1.29, 1.82) is 0 Å². The van der Waals surface area contributed by atoms with E-state index in [0.29, 0.717) is 18.0 Å². The van der Waals surface area contributed by atoms with Crippen molar-refractivity contribution >= 4 is 11.7 Å². The van der Waals surface area contributed by atoms with Gasteiger partial charge in [-0.1, -0.05) is 6.07 Å². The first kappa shape index (κ1) is 15.2. The average Bonchev–Trinajstić information content (AvgIpc) is 3.16. The number of rotatable bonds is 3. The fraction of sp³-hybridized carbons (Fsp3) is 0.444. The second-order valence-electron chi connectivity index (χ2n) is 6.43. The molecule has 2 aromatic rings. The fourth-order valence-corrected chi connectivity index (χ4v) is 3.70. The highest BCUT2D eigenvalue weighted by molar-refractivity contribution is 5.94. The smallest absolute Gasteiger partial charge is 0.257 e. The fourth-order valence-electron chi connectivity index (χ4n) is 3.70. The summed E-state index contributed by atoms with van der Waals surface area (Å²) in [6.07, 6.45) is 7.05. The molecule has 3 atom stereocenters. The lowest BCUT2D eigenvalue weighted by Gasteiger charge is -2.46. The minimum absolute atomic E-state index is 0.0144. The number of nitrogens with zero attached hydrogens (tertiary/aromatic N) is 2. The number of carbonyl (C=O) groups excluding carboxylic acids is 1. The summed E-state index contributed by atoms with van der Waals surface area (Å²) in [6.45, 7) is 2.12. The van der Waals surface area contributed by atoms with Crippen LogP contribution in [0, 0.1) is 5.92 Å². The molecule has 4 rings (SSSR count). The predicted molar refractivity (Wildman–Crippen MR) is 88.7 cm³/mol. The molecule has 1 N–H and O–H groups in total. The van der Waals surface area contributed by atoms with Crippen molar-refractivity contribution in [3.63, 3.8) is 0 Å². The van der Waals surface area contributed by atoms with E-state index >= 15 is 0 Å². The van der Waals surface area contributed by atoms with Crippen LogP contribution in [0.3, 0.4) is 0 Å². The summed E-state index contributed by atoms with van der Waals surface area (Å²) >= 11 is 0. The molecule has 2 aromatic heterocycles. The van der Waals surface area contributed by atoms with Crippen molar-refractivity contribution in [3.05, 3.63) is 48.6 Å². The van der Waals surface area contributed by atoms with E-state index in [9.17, 15) is 4.79 Å². The van der Waals surface area contributed by atoms with Gasteiger partial charge in [-0.3, -0.25) is 4.79 Å². The predicted octanol–water partition coefficient (Wildman–Crippen LogP) is 2.41. The van der Waals surface area contributed by atoms with Gasteiger partial charge in [0.1, 0.15) is 12.1 Å². The summed E-state index contributed by atoms with van der Waals surface area (Å²) in [7, 11) is 0. The second kappa shape index (κ2) is 6.65. The molecule has 126 valence electrons. The van der Waals surface area contributed by atoms with E-state index in [0.717, 1.165) is 31.8 Å². The van der Waals surface area contributed by atoms with Gasteiger partial charge < -0.3 is 19.4 Å². The molecule has 6 nitrogen and oxygen atoms in total. The average molecular weight is 327 g/mol. The number of likely N-dealkylation sites (tertiary alicyclic amines) is 1. The number of anilines is 1. The van der Waals surface area contributed by atoms with Gasteiger partial charge in [-0.05, 0) is 31.0 Å². The molecule has 2 aliphatic rings. The zero-order valence-electron chi connectivity index (χ0n) is 13.4. The van der Waals surface area contributed by atoms with Gasteiger partial charge >= 0.3 is 0 Å². The molecule has 6 heteroatoms. The monoisotopic (exact) mass is 327 g/mol. The highest BCUT2D eigenvalue weighted by Crippen LogP contribution is 2.30. The van der Waals surface area contributed by atoms with Crippen LogP contribution in [0.1, 0.15) is 23.2 Å². The highest BCUT2D eigenvalue weighted by Gasteiger charge is 2.41. The maximum Gasteiger partial charge on any atom is 0.257 e. The van der Waals surface area contributed by atoms with E-state index in [-0.39, 0.29) is 18.1 Å². The minimum Gasteiger partial charge on any atom is -0.472 e. The number of nitrogens with one attached hydrogen (secondary N) is 1. The number of pyridine rings is 1. The number of ether oxygens (including phenoxy) is 1. The summed E-state index contributed by atoms with van der Waals surface area (Å²) in [4.78, 5) is 19.0. The van der Waals surface area contributed by atoms with Gasteiger partial charge in [-0.2, -0.15) is 0 Å². The van der Waals surface area contributed by atoms with E-state index in [1.54, 1.807) is 12.3 Å². The molecular weight excluding hydrogens is 306 g/mol. The molecule has 0 radical (unpaired) electrons. The number of hydrogen-bond acceptors (Lipinski definition) is 5. The van der Waals surface area contributed by atoms with Gasteiger partial charge in [-0.15, -0.1) is 0 Å². The zero-order valence-corrected chi connectivity index (χ0v) is 13.4. The van der Waals surface area contributed by atoms with Crippen molar-refractivity contribution in [2.24, 2.45) is 5.92 Å². The molecular formula is C18H21N3O3. The maximum absolute atomic E-state index is 12.7. The second-order valence-corrected chi connectivity index (χ2v) is 6.43. The van der Waals surface area contributed by atoms with Gasteiger partial charge in [0, 0.05) is 31.8 Å². The van der Waals surface area contributed by atoms with E-state index in [2.05, 4.69) is 10.3 Å². The van der Waals surface area contributed by atoms with Crippen molar-refractivity contribution < 1.29 is 13.9 Å². The van der Waals surface area contributed by atoms with Crippen molar-refractivity contribution in [3.8, 4) is 0 Å². The van der Waals surface area contributed by atoms with E-state index < -0.39 is 0 Å². The number of fused-ring (bicyclic) bond motifs is 1. The lowest BCUT2D eigenvalue weighted by Crippen LogP contribution is -2.59. The number of carbonyl (C=O) groups is 1. The quantitative estimate of drug-likeness (QED) is 0.937. The van der Waals surface area contributed by atoms with Gasteiger partial charge in [-0.25, -0.2) is 4.98 Å². The van der Waals surface area contributed by atoms with Crippen LogP contribution in [0.15, 0.2) is 47.4 Å². The molecule has 0 aromatic carbocycles. The molecule has 0 spiro atoms. The Balaban J connectivity index is 1.54. The van der Waals surface area contributed by atoms with Crippen LogP contribution in [-0.4, -0.2) is 47.6 Å². The van der Waals surface area contributed by atoms with Crippen LogP contribution in [0.4, 0.5) is 5.82 Å². The van der Waals surface area contributed by atoms with Crippen molar-refractivity contribution in [2.45, 2.75) is 25.0 Å². The van der Waals surface area contributed by atoms with Crippen LogP contribution in [0.2, 0.25) is 0 Å².